The van der Waals surface area contributed by atoms with Crippen molar-refractivity contribution in [2.24, 2.45) is 0 Å². The minimum absolute atomic E-state index is 0.102. The second-order valence-corrected chi connectivity index (χ2v) is 5.81. The SMILES string of the molecule is CC(C)(C)NCCCN1CC=C(C(F)(F)F)CC1. The van der Waals surface area contributed by atoms with Crippen molar-refractivity contribution < 1.29 is 13.2 Å². The van der Waals surface area contributed by atoms with Crippen LogP contribution in [0.3, 0.4) is 0 Å². The fourth-order valence-electron chi connectivity index (χ4n) is 1.94. The Balaban J connectivity index is 2.22. The molecule has 1 aliphatic heterocycles. The zero-order valence-corrected chi connectivity index (χ0v) is 11.4. The Morgan fingerprint density at radius 3 is 2.39 bits per heavy atom. The van der Waals surface area contributed by atoms with E-state index >= 15 is 0 Å². The summed E-state index contributed by atoms with van der Waals surface area (Å²) in [7, 11) is 0. The number of rotatable bonds is 4. The van der Waals surface area contributed by atoms with Crippen LogP contribution < -0.4 is 5.32 Å². The molecule has 0 amide bonds. The summed E-state index contributed by atoms with van der Waals surface area (Å²) in [6.07, 6.45) is -1.73. The molecule has 0 fully saturated rings. The maximum absolute atomic E-state index is 12.4. The molecule has 0 bridgehead atoms. The summed E-state index contributed by atoms with van der Waals surface area (Å²) in [6, 6.07) is 0. The van der Waals surface area contributed by atoms with Gasteiger partial charge in [-0.25, -0.2) is 0 Å². The molecule has 1 rings (SSSR count). The maximum atomic E-state index is 12.4. The van der Waals surface area contributed by atoms with Crippen molar-refractivity contribution in [3.05, 3.63) is 11.6 Å². The van der Waals surface area contributed by atoms with Gasteiger partial charge in [0.05, 0.1) is 0 Å². The molecule has 2 nitrogen and oxygen atoms in total. The zero-order chi connectivity index (χ0) is 13.8. The van der Waals surface area contributed by atoms with E-state index in [1.165, 1.54) is 6.08 Å². The van der Waals surface area contributed by atoms with Gasteiger partial charge in [0.25, 0.3) is 0 Å². The van der Waals surface area contributed by atoms with Gasteiger partial charge in [0, 0.05) is 24.2 Å². The lowest BCUT2D eigenvalue weighted by atomic mass is 10.1. The molecule has 1 heterocycles. The predicted molar refractivity (Wildman–Crippen MR) is 67.6 cm³/mol. The summed E-state index contributed by atoms with van der Waals surface area (Å²) in [6.45, 7) is 9.00. The lowest BCUT2D eigenvalue weighted by molar-refractivity contribution is -0.0960. The van der Waals surface area contributed by atoms with Crippen LogP contribution in [-0.4, -0.2) is 42.8 Å². The van der Waals surface area contributed by atoms with Crippen molar-refractivity contribution in [1.82, 2.24) is 10.2 Å². The molecule has 1 aliphatic rings. The van der Waals surface area contributed by atoms with Crippen LogP contribution in [0.1, 0.15) is 33.6 Å². The Labute approximate surface area is 107 Å². The molecule has 0 atom stereocenters. The molecule has 0 aromatic heterocycles. The quantitative estimate of drug-likeness (QED) is 0.620. The van der Waals surface area contributed by atoms with Crippen LogP contribution >= 0.6 is 0 Å². The monoisotopic (exact) mass is 264 g/mol. The number of halogens is 3. The highest BCUT2D eigenvalue weighted by Crippen LogP contribution is 2.29. The first-order valence-corrected chi connectivity index (χ1v) is 6.42. The molecule has 0 aromatic rings. The van der Waals surface area contributed by atoms with Crippen molar-refractivity contribution >= 4 is 0 Å². The van der Waals surface area contributed by atoms with Gasteiger partial charge in [-0.15, -0.1) is 0 Å². The van der Waals surface area contributed by atoms with Crippen LogP contribution in [0.4, 0.5) is 13.2 Å². The van der Waals surface area contributed by atoms with Crippen molar-refractivity contribution in [3.8, 4) is 0 Å². The van der Waals surface area contributed by atoms with Crippen LogP contribution in [0.15, 0.2) is 11.6 Å². The fraction of sp³-hybridized carbons (Fsp3) is 0.846. The summed E-state index contributed by atoms with van der Waals surface area (Å²) in [5.41, 5.74) is -0.266. The average molecular weight is 264 g/mol. The van der Waals surface area contributed by atoms with E-state index in [1.807, 2.05) is 0 Å². The summed E-state index contributed by atoms with van der Waals surface area (Å²) in [4.78, 5) is 2.07. The van der Waals surface area contributed by atoms with Crippen molar-refractivity contribution in [1.29, 1.82) is 0 Å². The van der Waals surface area contributed by atoms with Crippen LogP contribution in [0.2, 0.25) is 0 Å². The normalized spacial score (nSPS) is 18.9. The smallest absolute Gasteiger partial charge is 0.312 e. The van der Waals surface area contributed by atoms with Gasteiger partial charge < -0.3 is 5.32 Å². The van der Waals surface area contributed by atoms with Gasteiger partial charge in [0.1, 0.15) is 0 Å². The highest BCUT2D eigenvalue weighted by molar-refractivity contribution is 5.12. The summed E-state index contributed by atoms with van der Waals surface area (Å²) in [5, 5.41) is 3.37. The van der Waals surface area contributed by atoms with Crippen LogP contribution in [0.25, 0.3) is 0 Å². The highest BCUT2D eigenvalue weighted by atomic mass is 19.4. The third-order valence-corrected chi connectivity index (χ3v) is 2.96. The molecule has 5 heteroatoms. The molecular formula is C13H23F3N2. The highest BCUT2D eigenvalue weighted by Gasteiger charge is 2.34. The van der Waals surface area contributed by atoms with E-state index in [2.05, 4.69) is 31.0 Å². The number of hydrogen-bond donors (Lipinski definition) is 1. The van der Waals surface area contributed by atoms with E-state index < -0.39 is 6.18 Å². The first-order chi connectivity index (χ1) is 8.18. The Morgan fingerprint density at radius 2 is 1.94 bits per heavy atom. The second kappa shape index (κ2) is 6.06. The van der Waals surface area contributed by atoms with E-state index in [9.17, 15) is 13.2 Å². The average Bonchev–Trinajstić information content (AvgIpc) is 2.22. The zero-order valence-electron chi connectivity index (χ0n) is 11.4. The molecule has 0 radical (unpaired) electrons. The third-order valence-electron chi connectivity index (χ3n) is 2.96. The van der Waals surface area contributed by atoms with E-state index in [0.29, 0.717) is 13.1 Å². The largest absolute Gasteiger partial charge is 0.412 e. The Bertz CT molecular complexity index is 290. The summed E-state index contributed by atoms with van der Waals surface area (Å²) in [5.74, 6) is 0. The standard InChI is InChI=1S/C13H23F3N2/c1-12(2,3)17-7-4-8-18-9-5-11(6-10-18)13(14,15)16/h5,17H,4,6-10H2,1-3H3. The summed E-state index contributed by atoms with van der Waals surface area (Å²) >= 11 is 0. The van der Waals surface area contributed by atoms with Gasteiger partial charge in [-0.2, -0.15) is 13.2 Å². The number of nitrogens with zero attached hydrogens (tertiary/aromatic N) is 1. The van der Waals surface area contributed by atoms with Gasteiger partial charge >= 0.3 is 6.18 Å². The minimum Gasteiger partial charge on any atom is -0.312 e. The molecule has 0 unspecified atom stereocenters. The van der Waals surface area contributed by atoms with Gasteiger partial charge in [0.2, 0.25) is 0 Å². The van der Waals surface area contributed by atoms with Gasteiger partial charge in [-0.05, 0) is 46.7 Å². The number of nitrogens with one attached hydrogen (secondary N) is 1. The first kappa shape index (κ1) is 15.5. The summed E-state index contributed by atoms with van der Waals surface area (Å²) < 4.78 is 37.2. The second-order valence-electron chi connectivity index (χ2n) is 5.81. The fourth-order valence-corrected chi connectivity index (χ4v) is 1.94. The van der Waals surface area contributed by atoms with Crippen molar-refractivity contribution in [2.45, 2.75) is 45.3 Å². The number of alkyl halides is 3. The van der Waals surface area contributed by atoms with E-state index in [-0.39, 0.29) is 17.5 Å². The van der Waals surface area contributed by atoms with Crippen LogP contribution in [0, 0.1) is 0 Å². The van der Waals surface area contributed by atoms with Crippen molar-refractivity contribution in [2.75, 3.05) is 26.2 Å². The van der Waals surface area contributed by atoms with E-state index in [1.54, 1.807) is 0 Å². The predicted octanol–water partition coefficient (Wildman–Crippen LogP) is 2.96. The van der Waals surface area contributed by atoms with Gasteiger partial charge in [-0.3, -0.25) is 4.90 Å². The molecular weight excluding hydrogens is 241 g/mol. The molecule has 0 aromatic carbocycles. The van der Waals surface area contributed by atoms with Crippen LogP contribution in [0.5, 0.6) is 0 Å². The molecule has 18 heavy (non-hydrogen) atoms. The van der Waals surface area contributed by atoms with Gasteiger partial charge in [-0.1, -0.05) is 6.08 Å². The van der Waals surface area contributed by atoms with E-state index in [4.69, 9.17) is 0 Å². The van der Waals surface area contributed by atoms with Crippen molar-refractivity contribution in [3.63, 3.8) is 0 Å². The Kier molecular flexibility index (Phi) is 5.22. The Morgan fingerprint density at radius 1 is 1.28 bits per heavy atom. The molecule has 1 N–H and O–H groups in total. The molecule has 0 aliphatic carbocycles. The number of hydrogen-bond acceptors (Lipinski definition) is 2. The molecule has 0 saturated heterocycles. The minimum atomic E-state index is -4.14. The Hall–Kier alpha value is -0.550. The first-order valence-electron chi connectivity index (χ1n) is 6.42. The van der Waals surface area contributed by atoms with Crippen LogP contribution in [-0.2, 0) is 0 Å². The molecule has 106 valence electrons. The lowest BCUT2D eigenvalue weighted by Crippen LogP contribution is -2.38. The van der Waals surface area contributed by atoms with E-state index in [0.717, 1.165) is 19.5 Å². The molecule has 0 saturated carbocycles. The lowest BCUT2D eigenvalue weighted by Gasteiger charge is -2.28. The van der Waals surface area contributed by atoms with Gasteiger partial charge in [0.15, 0.2) is 0 Å². The molecule has 0 spiro atoms. The topological polar surface area (TPSA) is 15.3 Å². The maximum Gasteiger partial charge on any atom is 0.412 e. The third kappa shape index (κ3) is 5.87.